The summed E-state index contributed by atoms with van der Waals surface area (Å²) in [6.07, 6.45) is 0. The maximum Gasteiger partial charge on any atom is 0.123 e. The van der Waals surface area contributed by atoms with Crippen molar-refractivity contribution in [3.05, 3.63) is 83.7 Å². The molecule has 0 spiro atoms. The number of aromatic nitrogens is 1. The van der Waals surface area contributed by atoms with Crippen LogP contribution in [0.15, 0.2) is 66.7 Å². The van der Waals surface area contributed by atoms with Crippen LogP contribution in [0.5, 0.6) is 0 Å². The highest BCUT2D eigenvalue weighted by molar-refractivity contribution is 6.08. The van der Waals surface area contributed by atoms with Crippen molar-refractivity contribution in [1.82, 2.24) is 4.57 Å². The van der Waals surface area contributed by atoms with E-state index in [0.29, 0.717) is 6.54 Å². The molecule has 4 rings (SSSR count). The van der Waals surface area contributed by atoms with E-state index in [1.807, 2.05) is 42.5 Å². The van der Waals surface area contributed by atoms with Crippen molar-refractivity contribution in [2.24, 2.45) is 0 Å². The number of nitrogens with zero attached hydrogens (tertiary/aromatic N) is 1. The molecule has 23 heavy (non-hydrogen) atoms. The molecule has 0 saturated heterocycles. The SMILES string of the molecule is OCc1ccc2c(c1)c1ccccc1n2Cc1ccc(F)cc1. The molecule has 4 aromatic rings. The number of benzene rings is 3. The molecule has 0 fully saturated rings. The zero-order valence-electron chi connectivity index (χ0n) is 12.5. The molecule has 3 aromatic carbocycles. The van der Waals surface area contributed by atoms with Gasteiger partial charge in [0.25, 0.3) is 0 Å². The van der Waals surface area contributed by atoms with Crippen LogP contribution in [0.25, 0.3) is 21.8 Å². The summed E-state index contributed by atoms with van der Waals surface area (Å²) in [4.78, 5) is 0. The van der Waals surface area contributed by atoms with Gasteiger partial charge in [0.05, 0.1) is 6.61 Å². The van der Waals surface area contributed by atoms with Crippen molar-refractivity contribution in [3.8, 4) is 0 Å². The van der Waals surface area contributed by atoms with E-state index in [1.54, 1.807) is 0 Å². The van der Waals surface area contributed by atoms with Crippen LogP contribution in [0.4, 0.5) is 4.39 Å². The monoisotopic (exact) mass is 305 g/mol. The number of fused-ring (bicyclic) bond motifs is 3. The third-order valence-electron chi connectivity index (χ3n) is 4.27. The second kappa shape index (κ2) is 5.52. The highest BCUT2D eigenvalue weighted by Gasteiger charge is 2.11. The van der Waals surface area contributed by atoms with Crippen molar-refractivity contribution in [3.63, 3.8) is 0 Å². The summed E-state index contributed by atoms with van der Waals surface area (Å²) in [7, 11) is 0. The minimum atomic E-state index is -0.219. The summed E-state index contributed by atoms with van der Waals surface area (Å²) in [5.74, 6) is -0.219. The quantitative estimate of drug-likeness (QED) is 0.593. The van der Waals surface area contributed by atoms with E-state index in [9.17, 15) is 9.50 Å². The summed E-state index contributed by atoms with van der Waals surface area (Å²) in [6, 6.07) is 20.9. The van der Waals surface area contributed by atoms with Crippen LogP contribution in [-0.2, 0) is 13.2 Å². The van der Waals surface area contributed by atoms with Crippen LogP contribution >= 0.6 is 0 Å². The molecule has 0 aliphatic heterocycles. The fourth-order valence-electron chi connectivity index (χ4n) is 3.14. The van der Waals surface area contributed by atoms with Gasteiger partial charge in [-0.05, 0) is 41.5 Å². The smallest absolute Gasteiger partial charge is 0.123 e. The normalized spacial score (nSPS) is 11.4. The second-order valence-corrected chi connectivity index (χ2v) is 5.74. The Labute approximate surface area is 133 Å². The average molecular weight is 305 g/mol. The first-order valence-corrected chi connectivity index (χ1v) is 7.61. The number of aliphatic hydroxyl groups excluding tert-OH is 1. The van der Waals surface area contributed by atoms with Crippen molar-refractivity contribution in [2.45, 2.75) is 13.2 Å². The zero-order chi connectivity index (χ0) is 15.8. The molecule has 0 atom stereocenters. The van der Waals surface area contributed by atoms with Gasteiger partial charge in [-0.1, -0.05) is 36.4 Å². The molecule has 2 nitrogen and oxygen atoms in total. The molecule has 0 aliphatic rings. The predicted octanol–water partition coefficient (Wildman–Crippen LogP) is 4.47. The summed E-state index contributed by atoms with van der Waals surface area (Å²) in [5, 5.41) is 11.7. The Morgan fingerprint density at radius 1 is 0.783 bits per heavy atom. The van der Waals surface area contributed by atoms with Gasteiger partial charge < -0.3 is 9.67 Å². The molecule has 1 N–H and O–H groups in total. The summed E-state index contributed by atoms with van der Waals surface area (Å²) >= 11 is 0. The zero-order valence-corrected chi connectivity index (χ0v) is 12.5. The van der Waals surface area contributed by atoms with Crippen molar-refractivity contribution >= 4 is 21.8 Å². The second-order valence-electron chi connectivity index (χ2n) is 5.74. The van der Waals surface area contributed by atoms with Crippen LogP contribution in [0.2, 0.25) is 0 Å². The Hall–Kier alpha value is -2.65. The van der Waals surface area contributed by atoms with E-state index in [0.717, 1.165) is 27.5 Å². The number of aliphatic hydroxyl groups is 1. The molecule has 0 saturated carbocycles. The van der Waals surface area contributed by atoms with Crippen molar-refractivity contribution in [2.75, 3.05) is 0 Å². The van der Waals surface area contributed by atoms with Crippen molar-refractivity contribution in [1.29, 1.82) is 0 Å². The Balaban J connectivity index is 1.94. The van der Waals surface area contributed by atoms with Gasteiger partial charge in [-0.3, -0.25) is 0 Å². The number of rotatable bonds is 3. The van der Waals surface area contributed by atoms with Crippen LogP contribution in [-0.4, -0.2) is 9.67 Å². The van der Waals surface area contributed by atoms with Gasteiger partial charge in [-0.15, -0.1) is 0 Å². The molecular weight excluding hydrogens is 289 g/mol. The largest absolute Gasteiger partial charge is 0.392 e. The number of hydrogen-bond donors (Lipinski definition) is 1. The minimum absolute atomic E-state index is 0.0351. The summed E-state index contributed by atoms with van der Waals surface area (Å²) in [5.41, 5.74) is 4.22. The lowest BCUT2D eigenvalue weighted by atomic mass is 10.1. The molecule has 114 valence electrons. The number of halogens is 1. The van der Waals surface area contributed by atoms with Gasteiger partial charge in [-0.2, -0.15) is 0 Å². The van der Waals surface area contributed by atoms with E-state index in [-0.39, 0.29) is 12.4 Å². The van der Waals surface area contributed by atoms with Crippen LogP contribution in [0.3, 0.4) is 0 Å². The molecule has 3 heteroatoms. The minimum Gasteiger partial charge on any atom is -0.392 e. The van der Waals surface area contributed by atoms with Gasteiger partial charge in [0.1, 0.15) is 5.82 Å². The lowest BCUT2D eigenvalue weighted by Crippen LogP contribution is -1.99. The first kappa shape index (κ1) is 14.0. The van der Waals surface area contributed by atoms with Gasteiger partial charge in [0.15, 0.2) is 0 Å². The van der Waals surface area contributed by atoms with E-state index in [2.05, 4.69) is 16.7 Å². The predicted molar refractivity (Wildman–Crippen MR) is 90.9 cm³/mol. The molecule has 0 unspecified atom stereocenters. The lowest BCUT2D eigenvalue weighted by molar-refractivity contribution is 0.282. The first-order chi connectivity index (χ1) is 11.3. The molecule has 0 bridgehead atoms. The summed E-state index contributed by atoms with van der Waals surface area (Å²) in [6.45, 7) is 0.718. The molecule has 0 amide bonds. The van der Waals surface area contributed by atoms with Gasteiger partial charge in [-0.25, -0.2) is 4.39 Å². The average Bonchev–Trinajstić information content (AvgIpc) is 2.90. The Bertz CT molecular complexity index is 986. The third-order valence-corrected chi connectivity index (χ3v) is 4.27. The van der Waals surface area contributed by atoms with Crippen LogP contribution in [0.1, 0.15) is 11.1 Å². The highest BCUT2D eigenvalue weighted by Crippen LogP contribution is 2.30. The fourth-order valence-corrected chi connectivity index (χ4v) is 3.14. The Kier molecular flexibility index (Phi) is 3.36. The molecular formula is C20H16FNO. The van der Waals surface area contributed by atoms with E-state index < -0.39 is 0 Å². The lowest BCUT2D eigenvalue weighted by Gasteiger charge is -2.08. The Morgan fingerprint density at radius 3 is 2.26 bits per heavy atom. The van der Waals surface area contributed by atoms with Crippen LogP contribution in [0, 0.1) is 5.82 Å². The van der Waals surface area contributed by atoms with Gasteiger partial charge >= 0.3 is 0 Å². The van der Waals surface area contributed by atoms with E-state index >= 15 is 0 Å². The van der Waals surface area contributed by atoms with E-state index in [4.69, 9.17) is 0 Å². The van der Waals surface area contributed by atoms with Crippen molar-refractivity contribution < 1.29 is 9.50 Å². The maximum atomic E-state index is 13.1. The van der Waals surface area contributed by atoms with E-state index in [1.165, 1.54) is 17.5 Å². The topological polar surface area (TPSA) is 25.2 Å². The molecule has 1 heterocycles. The number of hydrogen-bond acceptors (Lipinski definition) is 1. The third kappa shape index (κ3) is 2.39. The fraction of sp³-hybridized carbons (Fsp3) is 0.100. The standard InChI is InChI=1S/C20H16FNO/c21-16-8-5-14(6-9-16)12-22-19-4-2-1-3-17(19)18-11-15(13-23)7-10-20(18)22/h1-11,23H,12-13H2. The molecule has 0 radical (unpaired) electrons. The Morgan fingerprint density at radius 2 is 1.48 bits per heavy atom. The van der Waals surface area contributed by atoms with Crippen LogP contribution < -0.4 is 0 Å². The van der Waals surface area contributed by atoms with Gasteiger partial charge in [0, 0.05) is 28.4 Å². The maximum absolute atomic E-state index is 13.1. The highest BCUT2D eigenvalue weighted by atomic mass is 19.1. The number of para-hydroxylation sites is 1. The summed E-state index contributed by atoms with van der Waals surface area (Å²) < 4.78 is 15.4. The first-order valence-electron chi connectivity index (χ1n) is 7.61. The van der Waals surface area contributed by atoms with Gasteiger partial charge in [0.2, 0.25) is 0 Å². The molecule has 0 aliphatic carbocycles. The molecule has 1 aromatic heterocycles.